The molecule has 0 saturated heterocycles. The largest absolute Gasteiger partial charge is 0.467 e. The lowest BCUT2D eigenvalue weighted by atomic mass is 9.99. The molecule has 0 aromatic heterocycles. The molecule has 0 spiro atoms. The lowest BCUT2D eigenvalue weighted by Gasteiger charge is -2.21. The third-order valence-electron chi connectivity index (χ3n) is 3.64. The Bertz CT molecular complexity index is 664. The minimum absolute atomic E-state index is 0.000712. The predicted molar refractivity (Wildman–Crippen MR) is 92.0 cm³/mol. The minimum Gasteiger partial charge on any atom is -0.467 e. The Balaban J connectivity index is 2.60. The van der Waals surface area contributed by atoms with Crippen LogP contribution in [0, 0.1) is 5.92 Å². The lowest BCUT2D eigenvalue weighted by Crippen LogP contribution is -2.47. The zero-order valence-corrected chi connectivity index (χ0v) is 15.8. The standard InChI is InChI=1S/C17H20F3NO5S/c1-4-10(2)14(16(24)25-3)21-13(22)9-26-15(23)11-5-7-12(8-6-11)27-17(18,19)20/h5-8,10,14H,4,9H2,1-3H3,(H,21,22)/t10-,14-/m1/s1. The van der Waals surface area contributed by atoms with Gasteiger partial charge in [-0.2, -0.15) is 13.2 Å². The molecule has 1 aromatic carbocycles. The molecule has 10 heteroatoms. The summed E-state index contributed by atoms with van der Waals surface area (Å²) in [6.45, 7) is 2.96. The van der Waals surface area contributed by atoms with Gasteiger partial charge >= 0.3 is 17.4 Å². The van der Waals surface area contributed by atoms with Crippen LogP contribution in [0.1, 0.15) is 30.6 Å². The van der Waals surface area contributed by atoms with E-state index in [1.54, 1.807) is 6.92 Å². The summed E-state index contributed by atoms with van der Waals surface area (Å²) < 4.78 is 46.3. The van der Waals surface area contributed by atoms with Crippen molar-refractivity contribution in [1.82, 2.24) is 5.32 Å². The number of rotatable bonds is 8. The van der Waals surface area contributed by atoms with Crippen molar-refractivity contribution in [2.24, 2.45) is 5.92 Å². The maximum Gasteiger partial charge on any atom is 0.446 e. The van der Waals surface area contributed by atoms with Crippen LogP contribution in [-0.2, 0) is 19.1 Å². The molecule has 27 heavy (non-hydrogen) atoms. The highest BCUT2D eigenvalue weighted by Gasteiger charge is 2.29. The van der Waals surface area contributed by atoms with Crippen LogP contribution in [0.4, 0.5) is 13.2 Å². The monoisotopic (exact) mass is 407 g/mol. The van der Waals surface area contributed by atoms with Gasteiger partial charge in [0.15, 0.2) is 6.61 Å². The van der Waals surface area contributed by atoms with Gasteiger partial charge in [-0.15, -0.1) is 0 Å². The molecule has 0 unspecified atom stereocenters. The number of amides is 1. The van der Waals surface area contributed by atoms with E-state index in [0.717, 1.165) is 12.1 Å². The maximum absolute atomic E-state index is 12.3. The molecule has 6 nitrogen and oxygen atoms in total. The van der Waals surface area contributed by atoms with E-state index in [2.05, 4.69) is 10.1 Å². The normalized spacial score (nSPS) is 13.4. The van der Waals surface area contributed by atoms with Crippen LogP contribution in [0.25, 0.3) is 0 Å². The fourth-order valence-corrected chi connectivity index (χ4v) is 2.56. The Morgan fingerprint density at radius 1 is 1.19 bits per heavy atom. The number of hydrogen-bond acceptors (Lipinski definition) is 6. The Hall–Kier alpha value is -2.23. The van der Waals surface area contributed by atoms with Gasteiger partial charge in [-0.1, -0.05) is 20.3 Å². The molecule has 0 bridgehead atoms. The molecule has 150 valence electrons. The Labute approximate surface area is 158 Å². The molecule has 0 aliphatic heterocycles. The summed E-state index contributed by atoms with van der Waals surface area (Å²) in [7, 11) is 1.20. The number of nitrogens with one attached hydrogen (secondary N) is 1. The van der Waals surface area contributed by atoms with Crippen molar-refractivity contribution in [3.8, 4) is 0 Å². The van der Waals surface area contributed by atoms with E-state index in [-0.39, 0.29) is 28.1 Å². The van der Waals surface area contributed by atoms with E-state index < -0.39 is 36.0 Å². The molecule has 2 atom stereocenters. The molecule has 0 aliphatic rings. The van der Waals surface area contributed by atoms with Crippen molar-refractivity contribution >= 4 is 29.6 Å². The molecule has 1 amide bonds. The van der Waals surface area contributed by atoms with Crippen LogP contribution >= 0.6 is 11.8 Å². The average Bonchev–Trinajstić information content (AvgIpc) is 2.62. The summed E-state index contributed by atoms with van der Waals surface area (Å²) in [6, 6.07) is 3.73. The third kappa shape index (κ3) is 7.90. The molecule has 1 N–H and O–H groups in total. The molecular formula is C17H20F3NO5S. The van der Waals surface area contributed by atoms with Gasteiger partial charge in [-0.3, -0.25) is 4.79 Å². The molecule has 0 radical (unpaired) electrons. The molecule has 1 aromatic rings. The van der Waals surface area contributed by atoms with Gasteiger partial charge in [0.2, 0.25) is 0 Å². The first-order chi connectivity index (χ1) is 12.6. The van der Waals surface area contributed by atoms with E-state index in [1.807, 2.05) is 6.92 Å². The number of thioether (sulfide) groups is 1. The summed E-state index contributed by atoms with van der Waals surface area (Å²) in [4.78, 5) is 35.4. The topological polar surface area (TPSA) is 81.7 Å². The first-order valence-corrected chi connectivity index (χ1v) is 8.79. The van der Waals surface area contributed by atoms with Crippen molar-refractivity contribution in [2.45, 2.75) is 36.7 Å². The number of methoxy groups -OCH3 is 1. The van der Waals surface area contributed by atoms with Gasteiger partial charge in [-0.25, -0.2) is 9.59 Å². The number of hydrogen-bond donors (Lipinski definition) is 1. The van der Waals surface area contributed by atoms with E-state index in [1.165, 1.54) is 19.2 Å². The smallest absolute Gasteiger partial charge is 0.446 e. The van der Waals surface area contributed by atoms with Crippen LogP contribution in [0.15, 0.2) is 29.2 Å². The van der Waals surface area contributed by atoms with Crippen LogP contribution in [0.2, 0.25) is 0 Å². The SMILES string of the molecule is CC[C@@H](C)[C@@H](NC(=O)COC(=O)c1ccc(SC(F)(F)F)cc1)C(=O)OC. The zero-order valence-electron chi connectivity index (χ0n) is 15.0. The Morgan fingerprint density at radius 2 is 1.78 bits per heavy atom. The molecule has 0 aliphatic carbocycles. The first kappa shape index (κ1) is 22.8. The second-order valence-electron chi connectivity index (χ2n) is 5.60. The fraction of sp³-hybridized carbons (Fsp3) is 0.471. The Kier molecular flexibility index (Phi) is 8.61. The number of esters is 2. The highest BCUT2D eigenvalue weighted by atomic mass is 32.2. The number of alkyl halides is 3. The highest BCUT2D eigenvalue weighted by Crippen LogP contribution is 2.36. The quantitative estimate of drug-likeness (QED) is 0.527. The molecule has 0 saturated carbocycles. The van der Waals surface area contributed by atoms with Gasteiger partial charge in [0.25, 0.3) is 5.91 Å². The Morgan fingerprint density at radius 3 is 2.26 bits per heavy atom. The molecule has 0 fully saturated rings. The van der Waals surface area contributed by atoms with Crippen molar-refractivity contribution in [1.29, 1.82) is 0 Å². The summed E-state index contributed by atoms with van der Waals surface area (Å²) in [5.41, 5.74) is -4.42. The van der Waals surface area contributed by atoms with Crippen molar-refractivity contribution in [3.05, 3.63) is 29.8 Å². The highest BCUT2D eigenvalue weighted by molar-refractivity contribution is 8.00. The van der Waals surface area contributed by atoms with E-state index in [0.29, 0.717) is 6.42 Å². The third-order valence-corrected chi connectivity index (χ3v) is 4.38. The van der Waals surface area contributed by atoms with Crippen molar-refractivity contribution in [2.75, 3.05) is 13.7 Å². The van der Waals surface area contributed by atoms with Gasteiger partial charge in [0.05, 0.1) is 12.7 Å². The molecular weight excluding hydrogens is 387 g/mol. The van der Waals surface area contributed by atoms with Crippen LogP contribution in [0.5, 0.6) is 0 Å². The van der Waals surface area contributed by atoms with Crippen LogP contribution in [-0.4, -0.2) is 43.1 Å². The number of ether oxygens (including phenoxy) is 2. The summed E-state index contributed by atoms with van der Waals surface area (Å²) in [6.07, 6.45) is 0.613. The lowest BCUT2D eigenvalue weighted by molar-refractivity contribution is -0.147. The summed E-state index contributed by atoms with van der Waals surface area (Å²) in [5, 5.41) is 2.44. The van der Waals surface area contributed by atoms with Gasteiger partial charge in [0.1, 0.15) is 6.04 Å². The van der Waals surface area contributed by atoms with Crippen LogP contribution in [0.3, 0.4) is 0 Å². The second kappa shape index (κ2) is 10.2. The number of carbonyl (C=O) groups excluding carboxylic acids is 3. The predicted octanol–water partition coefficient (Wildman–Crippen LogP) is 3.16. The van der Waals surface area contributed by atoms with E-state index >= 15 is 0 Å². The van der Waals surface area contributed by atoms with Gasteiger partial charge < -0.3 is 14.8 Å². The van der Waals surface area contributed by atoms with Crippen molar-refractivity contribution < 1.29 is 37.0 Å². The molecule has 1 rings (SSSR count). The summed E-state index contributed by atoms with van der Waals surface area (Å²) in [5.74, 6) is -2.35. The second-order valence-corrected chi connectivity index (χ2v) is 6.74. The fourth-order valence-electron chi connectivity index (χ4n) is 2.02. The van der Waals surface area contributed by atoms with Gasteiger partial charge in [-0.05, 0) is 41.9 Å². The minimum atomic E-state index is -4.42. The number of halogens is 3. The van der Waals surface area contributed by atoms with Crippen LogP contribution < -0.4 is 5.32 Å². The zero-order chi connectivity index (χ0) is 20.6. The van der Waals surface area contributed by atoms with Crippen molar-refractivity contribution in [3.63, 3.8) is 0 Å². The van der Waals surface area contributed by atoms with E-state index in [4.69, 9.17) is 4.74 Å². The number of benzene rings is 1. The van der Waals surface area contributed by atoms with Gasteiger partial charge in [0, 0.05) is 4.90 Å². The number of carbonyl (C=O) groups is 3. The maximum atomic E-state index is 12.3. The van der Waals surface area contributed by atoms with E-state index in [9.17, 15) is 27.6 Å². The molecule has 0 heterocycles. The summed E-state index contributed by atoms with van der Waals surface area (Å²) >= 11 is -0.304. The first-order valence-electron chi connectivity index (χ1n) is 7.97. The average molecular weight is 407 g/mol.